The monoisotopic (exact) mass is 196 g/mol. The van der Waals surface area contributed by atoms with E-state index >= 15 is 0 Å². The second kappa shape index (κ2) is 8.08. The van der Waals surface area contributed by atoms with E-state index in [1.807, 2.05) is 0 Å². The Morgan fingerprint density at radius 3 is 2.07 bits per heavy atom. The molecular formula is C14H28. The first-order chi connectivity index (χ1) is 6.63. The van der Waals surface area contributed by atoms with Gasteiger partial charge >= 0.3 is 0 Å². The van der Waals surface area contributed by atoms with Crippen LogP contribution in [0.1, 0.15) is 59.8 Å². The molecule has 0 N–H and O–H groups in total. The lowest BCUT2D eigenvalue weighted by Gasteiger charge is -2.19. The number of hydrogen-bond acceptors (Lipinski definition) is 0. The standard InChI is InChI=1S/C14H28/c1-6-12(4)9-10-13(5)11-14(7-2)8-3/h6,12-14H,1,7-11H2,2-5H3. The van der Waals surface area contributed by atoms with Crippen molar-refractivity contribution < 1.29 is 0 Å². The minimum absolute atomic E-state index is 0.694. The molecule has 0 aromatic rings. The molecule has 0 heteroatoms. The molecule has 0 rings (SSSR count). The van der Waals surface area contributed by atoms with Gasteiger partial charge in [0.1, 0.15) is 0 Å². The van der Waals surface area contributed by atoms with Gasteiger partial charge in [0.2, 0.25) is 0 Å². The second-order valence-corrected chi connectivity index (χ2v) is 4.81. The van der Waals surface area contributed by atoms with Gasteiger partial charge in [-0.2, -0.15) is 0 Å². The highest BCUT2D eigenvalue weighted by molar-refractivity contribution is 4.75. The normalized spacial score (nSPS) is 15.5. The van der Waals surface area contributed by atoms with E-state index in [1.165, 1.54) is 32.1 Å². The van der Waals surface area contributed by atoms with E-state index in [9.17, 15) is 0 Å². The Kier molecular flexibility index (Phi) is 7.93. The Balaban J connectivity index is 3.62. The zero-order chi connectivity index (χ0) is 11.0. The van der Waals surface area contributed by atoms with Gasteiger partial charge in [0, 0.05) is 0 Å². The fourth-order valence-electron chi connectivity index (χ4n) is 1.97. The van der Waals surface area contributed by atoms with Gasteiger partial charge in [0.05, 0.1) is 0 Å². The highest BCUT2D eigenvalue weighted by Crippen LogP contribution is 2.23. The van der Waals surface area contributed by atoms with Crippen molar-refractivity contribution in [3.8, 4) is 0 Å². The van der Waals surface area contributed by atoms with Gasteiger partial charge in [-0.3, -0.25) is 0 Å². The zero-order valence-electron chi connectivity index (χ0n) is 10.6. The average molecular weight is 196 g/mol. The molecule has 0 fully saturated rings. The lowest BCUT2D eigenvalue weighted by Crippen LogP contribution is -2.06. The van der Waals surface area contributed by atoms with Crippen LogP contribution in [-0.4, -0.2) is 0 Å². The van der Waals surface area contributed by atoms with Crippen LogP contribution >= 0.6 is 0 Å². The first-order valence-electron chi connectivity index (χ1n) is 6.26. The molecule has 0 saturated heterocycles. The van der Waals surface area contributed by atoms with Gasteiger partial charge in [-0.15, -0.1) is 6.58 Å². The largest absolute Gasteiger partial charge is 0.103 e. The van der Waals surface area contributed by atoms with Gasteiger partial charge in [-0.1, -0.05) is 53.0 Å². The van der Waals surface area contributed by atoms with E-state index in [4.69, 9.17) is 0 Å². The van der Waals surface area contributed by atoms with E-state index in [2.05, 4.69) is 40.3 Å². The van der Waals surface area contributed by atoms with E-state index in [1.54, 1.807) is 0 Å². The first kappa shape index (κ1) is 13.7. The fraction of sp³-hybridized carbons (Fsp3) is 0.857. The molecule has 2 unspecified atom stereocenters. The SMILES string of the molecule is C=CC(C)CCC(C)CC(CC)CC. The molecular weight excluding hydrogens is 168 g/mol. The van der Waals surface area contributed by atoms with Gasteiger partial charge in [-0.05, 0) is 30.6 Å². The molecule has 0 aliphatic rings. The second-order valence-electron chi connectivity index (χ2n) is 4.81. The van der Waals surface area contributed by atoms with Crippen molar-refractivity contribution >= 4 is 0 Å². The molecule has 0 spiro atoms. The van der Waals surface area contributed by atoms with E-state index in [-0.39, 0.29) is 0 Å². The van der Waals surface area contributed by atoms with E-state index < -0.39 is 0 Å². The van der Waals surface area contributed by atoms with Crippen LogP contribution in [0.25, 0.3) is 0 Å². The highest BCUT2D eigenvalue weighted by atomic mass is 14.2. The minimum Gasteiger partial charge on any atom is -0.103 e. The Morgan fingerprint density at radius 1 is 1.07 bits per heavy atom. The molecule has 0 aromatic carbocycles. The van der Waals surface area contributed by atoms with E-state index in [0.29, 0.717) is 5.92 Å². The molecule has 0 amide bonds. The molecule has 2 atom stereocenters. The summed E-state index contributed by atoms with van der Waals surface area (Å²) in [6, 6.07) is 0. The van der Waals surface area contributed by atoms with Crippen LogP contribution in [0.15, 0.2) is 12.7 Å². The summed E-state index contributed by atoms with van der Waals surface area (Å²) >= 11 is 0. The number of rotatable bonds is 8. The Hall–Kier alpha value is -0.260. The summed E-state index contributed by atoms with van der Waals surface area (Å²) in [5, 5.41) is 0. The van der Waals surface area contributed by atoms with Crippen LogP contribution in [0.5, 0.6) is 0 Å². The van der Waals surface area contributed by atoms with Crippen molar-refractivity contribution in [2.24, 2.45) is 17.8 Å². The molecule has 0 aromatic heterocycles. The third kappa shape index (κ3) is 6.23. The summed E-state index contributed by atoms with van der Waals surface area (Å²) in [5.74, 6) is 2.53. The minimum atomic E-state index is 0.694. The number of hydrogen-bond donors (Lipinski definition) is 0. The maximum atomic E-state index is 3.83. The van der Waals surface area contributed by atoms with Crippen LogP contribution in [0.4, 0.5) is 0 Å². The van der Waals surface area contributed by atoms with Gasteiger partial charge < -0.3 is 0 Å². The predicted octanol–water partition coefficient (Wildman–Crippen LogP) is 5.05. The summed E-state index contributed by atoms with van der Waals surface area (Å²) in [6.07, 6.45) is 8.85. The van der Waals surface area contributed by atoms with Crippen molar-refractivity contribution in [3.63, 3.8) is 0 Å². The zero-order valence-corrected chi connectivity index (χ0v) is 10.6. The lowest BCUT2D eigenvalue weighted by molar-refractivity contribution is 0.342. The quantitative estimate of drug-likeness (QED) is 0.476. The molecule has 84 valence electrons. The van der Waals surface area contributed by atoms with Crippen molar-refractivity contribution in [1.82, 2.24) is 0 Å². The molecule has 0 heterocycles. The molecule has 0 bridgehead atoms. The summed E-state index contributed by atoms with van der Waals surface area (Å²) in [4.78, 5) is 0. The molecule has 0 aliphatic carbocycles. The fourth-order valence-corrected chi connectivity index (χ4v) is 1.97. The predicted molar refractivity (Wildman–Crippen MR) is 66.4 cm³/mol. The van der Waals surface area contributed by atoms with Crippen LogP contribution in [0.2, 0.25) is 0 Å². The van der Waals surface area contributed by atoms with Crippen LogP contribution in [-0.2, 0) is 0 Å². The third-order valence-corrected chi connectivity index (χ3v) is 3.41. The molecule has 0 saturated carbocycles. The molecule has 14 heavy (non-hydrogen) atoms. The van der Waals surface area contributed by atoms with Crippen molar-refractivity contribution in [2.45, 2.75) is 59.8 Å². The van der Waals surface area contributed by atoms with Crippen molar-refractivity contribution in [3.05, 3.63) is 12.7 Å². The maximum Gasteiger partial charge on any atom is -0.0265 e. The number of allylic oxidation sites excluding steroid dienone is 1. The summed E-state index contributed by atoms with van der Waals surface area (Å²) < 4.78 is 0. The van der Waals surface area contributed by atoms with Crippen LogP contribution < -0.4 is 0 Å². The lowest BCUT2D eigenvalue weighted by atomic mass is 9.87. The Labute approximate surface area is 90.8 Å². The van der Waals surface area contributed by atoms with Gasteiger partial charge in [0.25, 0.3) is 0 Å². The molecule has 0 radical (unpaired) electrons. The third-order valence-electron chi connectivity index (χ3n) is 3.41. The van der Waals surface area contributed by atoms with Crippen LogP contribution in [0, 0.1) is 17.8 Å². The highest BCUT2D eigenvalue weighted by Gasteiger charge is 2.10. The smallest absolute Gasteiger partial charge is 0.0265 e. The van der Waals surface area contributed by atoms with Gasteiger partial charge in [0.15, 0.2) is 0 Å². The summed E-state index contributed by atoms with van der Waals surface area (Å²) in [6.45, 7) is 13.1. The van der Waals surface area contributed by atoms with Gasteiger partial charge in [-0.25, -0.2) is 0 Å². The van der Waals surface area contributed by atoms with Crippen LogP contribution in [0.3, 0.4) is 0 Å². The topological polar surface area (TPSA) is 0 Å². The van der Waals surface area contributed by atoms with Crippen molar-refractivity contribution in [2.75, 3.05) is 0 Å². The molecule has 0 aliphatic heterocycles. The Morgan fingerprint density at radius 2 is 1.64 bits per heavy atom. The van der Waals surface area contributed by atoms with E-state index in [0.717, 1.165) is 11.8 Å². The summed E-state index contributed by atoms with van der Waals surface area (Å²) in [5.41, 5.74) is 0. The van der Waals surface area contributed by atoms with Crippen molar-refractivity contribution in [1.29, 1.82) is 0 Å². The summed E-state index contributed by atoms with van der Waals surface area (Å²) in [7, 11) is 0. The average Bonchev–Trinajstić information content (AvgIpc) is 2.22. The molecule has 0 nitrogen and oxygen atoms in total. The Bertz CT molecular complexity index is 133. The maximum absolute atomic E-state index is 3.83. The first-order valence-corrected chi connectivity index (χ1v) is 6.26.